The molecule has 0 N–H and O–H groups in total. The van der Waals surface area contributed by atoms with Gasteiger partial charge in [-0.3, -0.25) is 9.69 Å². The Balaban J connectivity index is 1.25. The number of halogens is 2. The number of sulfonamides is 1. The van der Waals surface area contributed by atoms with Gasteiger partial charge in [-0.15, -0.1) is 0 Å². The molecule has 1 aromatic heterocycles. The van der Waals surface area contributed by atoms with E-state index in [0.29, 0.717) is 18.2 Å². The third-order valence-corrected chi connectivity index (χ3v) is 12.1. The lowest BCUT2D eigenvalue weighted by Gasteiger charge is -2.43. The summed E-state index contributed by atoms with van der Waals surface area (Å²) in [4.78, 5) is 19.9. The summed E-state index contributed by atoms with van der Waals surface area (Å²) in [6, 6.07) is 7.11. The molecule has 2 fully saturated rings. The fourth-order valence-corrected chi connectivity index (χ4v) is 9.17. The maximum atomic E-state index is 13.9. The largest absolute Gasteiger partial charge is 0.370 e. The van der Waals surface area contributed by atoms with Crippen molar-refractivity contribution in [1.82, 2.24) is 23.6 Å². The number of aryl methyl sites for hydroxylation is 1. The number of rotatable bonds is 8. The van der Waals surface area contributed by atoms with E-state index in [4.69, 9.17) is 27.9 Å². The third-order valence-electron chi connectivity index (χ3n) is 9.04. The Bertz CT molecular complexity index is 1340. The summed E-state index contributed by atoms with van der Waals surface area (Å²) < 4.78 is 37.3. The summed E-state index contributed by atoms with van der Waals surface area (Å²) in [5, 5.41) is 0.206. The van der Waals surface area contributed by atoms with Crippen LogP contribution in [0.2, 0.25) is 10.0 Å². The molecule has 0 bridgehead atoms. The van der Waals surface area contributed by atoms with Gasteiger partial charge in [-0.1, -0.05) is 29.3 Å². The van der Waals surface area contributed by atoms with Gasteiger partial charge in [0.15, 0.2) is 0 Å². The molecule has 1 saturated carbocycles. The number of likely N-dealkylation sites (N-methyl/N-ethyl adjacent to an activating group) is 2. The molecular weight excluding hydrogens is 585 g/mol. The van der Waals surface area contributed by atoms with E-state index in [1.807, 2.05) is 34.8 Å². The molecule has 2 aromatic rings. The first-order chi connectivity index (χ1) is 19.6. The number of ether oxygens (including phenoxy) is 1. The molecule has 1 saturated heterocycles. The van der Waals surface area contributed by atoms with Gasteiger partial charge in [0.05, 0.1) is 22.7 Å². The van der Waals surface area contributed by atoms with E-state index >= 15 is 0 Å². The molecule has 2 aliphatic heterocycles. The van der Waals surface area contributed by atoms with Crippen molar-refractivity contribution >= 4 is 39.1 Å². The summed E-state index contributed by atoms with van der Waals surface area (Å²) in [7, 11) is -0.0128. The highest BCUT2D eigenvalue weighted by Gasteiger charge is 2.39. The molecule has 1 aliphatic carbocycles. The number of carbonyl (C=O) groups is 1. The zero-order valence-corrected chi connectivity index (χ0v) is 26.5. The second-order valence-electron chi connectivity index (χ2n) is 11.6. The number of aromatic nitrogens is 1. The van der Waals surface area contributed by atoms with Crippen LogP contribution in [0.25, 0.3) is 0 Å². The van der Waals surface area contributed by atoms with Crippen molar-refractivity contribution in [3.8, 4) is 0 Å². The average molecular weight is 627 g/mol. The summed E-state index contributed by atoms with van der Waals surface area (Å²) in [6.07, 6.45) is 6.19. The lowest BCUT2D eigenvalue weighted by molar-refractivity contribution is -0.138. The molecule has 1 aromatic carbocycles. The zero-order valence-electron chi connectivity index (χ0n) is 24.1. The molecule has 41 heavy (non-hydrogen) atoms. The standard InChI is InChI=1S/C29H41Cl2N5O4S/c1-21-9-10-24(30)29(28(21)31)41(38,39)36-17-16-35-11-5-8-25(35)26(36)19-40-20-27(37)33(3)22-6-4-7-23(18-22)34-14-12-32(2)13-15-34/h5,8-11,22-23,26H,4,6-7,12-20H2,1-3H3/t22-,23+,26?/m1/s1. The van der Waals surface area contributed by atoms with Crippen LogP contribution in [0.3, 0.4) is 0 Å². The molecule has 9 nitrogen and oxygen atoms in total. The number of carbonyl (C=O) groups excluding carboxylic acids is 1. The Kier molecular flexibility index (Phi) is 9.70. The predicted molar refractivity (Wildman–Crippen MR) is 161 cm³/mol. The van der Waals surface area contributed by atoms with Gasteiger partial charge in [0.2, 0.25) is 15.9 Å². The Morgan fingerprint density at radius 1 is 1.07 bits per heavy atom. The first-order valence-corrected chi connectivity index (χ1v) is 16.6. The molecule has 1 amide bonds. The van der Waals surface area contributed by atoms with E-state index in [1.165, 1.54) is 10.7 Å². The molecule has 0 spiro atoms. The SMILES string of the molecule is Cc1ccc(Cl)c(S(=O)(=O)N2CCn3cccc3C2COCC(=O)N(C)[C@@H]2CCC[C@H](N3CCN(C)CC3)C2)c1Cl. The van der Waals surface area contributed by atoms with Crippen LogP contribution in [0, 0.1) is 6.92 Å². The number of nitrogens with zero attached hydrogens (tertiary/aromatic N) is 5. The number of piperazine rings is 1. The van der Waals surface area contributed by atoms with Gasteiger partial charge in [0.1, 0.15) is 11.5 Å². The van der Waals surface area contributed by atoms with Crippen molar-refractivity contribution in [2.24, 2.45) is 0 Å². The van der Waals surface area contributed by atoms with Crippen LogP contribution in [0.15, 0.2) is 35.4 Å². The van der Waals surface area contributed by atoms with E-state index in [-0.39, 0.29) is 46.6 Å². The second kappa shape index (κ2) is 12.9. The highest BCUT2D eigenvalue weighted by molar-refractivity contribution is 7.89. The predicted octanol–water partition coefficient (Wildman–Crippen LogP) is 3.88. The minimum absolute atomic E-state index is 0.0401. The fraction of sp³-hybridized carbons (Fsp3) is 0.621. The molecule has 1 unspecified atom stereocenters. The summed E-state index contributed by atoms with van der Waals surface area (Å²) in [5.74, 6) is -0.0839. The van der Waals surface area contributed by atoms with Gasteiger partial charge in [-0.2, -0.15) is 4.31 Å². The molecule has 226 valence electrons. The van der Waals surface area contributed by atoms with Crippen LogP contribution in [-0.4, -0.2) is 110 Å². The minimum atomic E-state index is -4.05. The van der Waals surface area contributed by atoms with E-state index in [1.54, 1.807) is 19.1 Å². The monoisotopic (exact) mass is 625 g/mol. The van der Waals surface area contributed by atoms with Crippen molar-refractivity contribution in [1.29, 1.82) is 0 Å². The van der Waals surface area contributed by atoms with Gasteiger partial charge in [-0.25, -0.2) is 8.42 Å². The number of hydrogen-bond acceptors (Lipinski definition) is 6. The third kappa shape index (κ3) is 6.49. The molecule has 3 heterocycles. The number of fused-ring (bicyclic) bond motifs is 1. The van der Waals surface area contributed by atoms with Crippen molar-refractivity contribution in [2.45, 2.75) is 62.2 Å². The maximum Gasteiger partial charge on any atom is 0.248 e. The van der Waals surface area contributed by atoms with Crippen LogP contribution in [-0.2, 0) is 26.1 Å². The van der Waals surface area contributed by atoms with Gasteiger partial charge in [0, 0.05) is 70.3 Å². The number of amides is 1. The first kappa shape index (κ1) is 30.8. The highest BCUT2D eigenvalue weighted by Crippen LogP contribution is 2.38. The molecular formula is C29H41Cl2N5O4S. The lowest BCUT2D eigenvalue weighted by Crippen LogP contribution is -2.53. The van der Waals surface area contributed by atoms with E-state index in [0.717, 1.165) is 51.1 Å². The van der Waals surface area contributed by atoms with Crippen molar-refractivity contribution in [3.05, 3.63) is 51.8 Å². The first-order valence-electron chi connectivity index (χ1n) is 14.5. The minimum Gasteiger partial charge on any atom is -0.370 e. The zero-order chi connectivity index (χ0) is 29.3. The summed E-state index contributed by atoms with van der Waals surface area (Å²) in [5.41, 5.74) is 1.44. The smallest absolute Gasteiger partial charge is 0.248 e. The van der Waals surface area contributed by atoms with Gasteiger partial charge >= 0.3 is 0 Å². The topological polar surface area (TPSA) is 78.3 Å². The van der Waals surface area contributed by atoms with Crippen LogP contribution in [0.4, 0.5) is 0 Å². The van der Waals surface area contributed by atoms with Crippen molar-refractivity contribution in [2.75, 3.05) is 60.0 Å². The Labute approximate surface area is 254 Å². The quantitative estimate of drug-likeness (QED) is 0.443. The lowest BCUT2D eigenvalue weighted by atomic mass is 9.88. The van der Waals surface area contributed by atoms with E-state index in [2.05, 4.69) is 16.8 Å². The molecule has 12 heteroatoms. The average Bonchev–Trinajstić information content (AvgIpc) is 3.44. The Morgan fingerprint density at radius 2 is 1.83 bits per heavy atom. The number of benzene rings is 1. The molecule has 3 atom stereocenters. The fourth-order valence-electron chi connectivity index (χ4n) is 6.46. The van der Waals surface area contributed by atoms with Gasteiger partial charge in [0.25, 0.3) is 0 Å². The molecule has 0 radical (unpaired) electrons. The van der Waals surface area contributed by atoms with Crippen molar-refractivity contribution < 1.29 is 17.9 Å². The maximum absolute atomic E-state index is 13.9. The van der Waals surface area contributed by atoms with E-state index in [9.17, 15) is 13.2 Å². The summed E-state index contributed by atoms with van der Waals surface area (Å²) in [6.45, 7) is 6.75. The summed E-state index contributed by atoms with van der Waals surface area (Å²) >= 11 is 12.8. The van der Waals surface area contributed by atoms with Crippen LogP contribution >= 0.6 is 23.2 Å². The van der Waals surface area contributed by atoms with Crippen LogP contribution in [0.1, 0.15) is 43.0 Å². The Morgan fingerprint density at radius 3 is 2.59 bits per heavy atom. The van der Waals surface area contributed by atoms with E-state index < -0.39 is 16.1 Å². The molecule has 3 aliphatic rings. The van der Waals surface area contributed by atoms with Gasteiger partial charge in [-0.05, 0) is 63.4 Å². The van der Waals surface area contributed by atoms with Crippen molar-refractivity contribution in [3.63, 3.8) is 0 Å². The number of hydrogen-bond donors (Lipinski definition) is 0. The Hall–Kier alpha value is -1.66. The van der Waals surface area contributed by atoms with Gasteiger partial charge < -0.3 is 19.1 Å². The normalized spacial score (nSPS) is 24.8. The van der Waals surface area contributed by atoms with Crippen LogP contribution < -0.4 is 0 Å². The highest BCUT2D eigenvalue weighted by atomic mass is 35.5. The molecule has 5 rings (SSSR count). The second-order valence-corrected chi connectivity index (χ2v) is 14.2. The van der Waals surface area contributed by atoms with Crippen LogP contribution in [0.5, 0.6) is 0 Å².